The SMILES string of the molecule is CC(C#N)CNS(=O)(=O)CC1CCCO1. The van der Waals surface area contributed by atoms with Gasteiger partial charge in [-0.3, -0.25) is 0 Å². The fraction of sp³-hybridized carbons (Fsp3) is 0.889. The minimum atomic E-state index is -3.30. The largest absolute Gasteiger partial charge is 0.377 e. The van der Waals surface area contributed by atoms with Crippen molar-refractivity contribution in [2.24, 2.45) is 5.92 Å². The first-order chi connectivity index (χ1) is 7.03. The van der Waals surface area contributed by atoms with Gasteiger partial charge in [0, 0.05) is 13.2 Å². The van der Waals surface area contributed by atoms with Crippen LogP contribution in [0, 0.1) is 17.2 Å². The molecule has 0 aromatic heterocycles. The molecule has 0 aromatic carbocycles. The Kier molecular flexibility index (Phi) is 4.51. The fourth-order valence-electron chi connectivity index (χ4n) is 1.38. The van der Waals surface area contributed by atoms with E-state index in [-0.39, 0.29) is 24.3 Å². The third-order valence-electron chi connectivity index (χ3n) is 2.26. The van der Waals surface area contributed by atoms with Crippen molar-refractivity contribution < 1.29 is 13.2 Å². The molecule has 2 atom stereocenters. The normalized spacial score (nSPS) is 23.6. The standard InChI is InChI=1S/C9H16N2O3S/c1-8(5-10)6-11-15(12,13)7-9-3-2-4-14-9/h8-9,11H,2-4,6-7H2,1H3. The Morgan fingerprint density at radius 2 is 2.40 bits per heavy atom. The van der Waals surface area contributed by atoms with Gasteiger partial charge < -0.3 is 4.74 Å². The van der Waals surface area contributed by atoms with Gasteiger partial charge in [-0.1, -0.05) is 0 Å². The van der Waals surface area contributed by atoms with E-state index in [4.69, 9.17) is 10.00 Å². The molecular weight excluding hydrogens is 216 g/mol. The molecular formula is C9H16N2O3S. The van der Waals surface area contributed by atoms with Crippen LogP contribution >= 0.6 is 0 Å². The van der Waals surface area contributed by atoms with E-state index in [1.165, 1.54) is 0 Å². The number of rotatable bonds is 5. The predicted molar refractivity (Wildman–Crippen MR) is 55.5 cm³/mol. The Hall–Kier alpha value is -0.640. The zero-order chi connectivity index (χ0) is 11.3. The molecule has 1 rings (SSSR count). The Morgan fingerprint density at radius 3 is 2.93 bits per heavy atom. The van der Waals surface area contributed by atoms with Gasteiger partial charge in [-0.2, -0.15) is 5.26 Å². The van der Waals surface area contributed by atoms with Gasteiger partial charge in [0.15, 0.2) is 0 Å². The highest BCUT2D eigenvalue weighted by Gasteiger charge is 2.23. The monoisotopic (exact) mass is 232 g/mol. The smallest absolute Gasteiger partial charge is 0.214 e. The molecule has 6 heteroatoms. The molecule has 2 unspecified atom stereocenters. The van der Waals surface area contributed by atoms with Crippen molar-refractivity contribution in [1.29, 1.82) is 5.26 Å². The molecule has 1 aliphatic rings. The van der Waals surface area contributed by atoms with Crippen molar-refractivity contribution in [2.45, 2.75) is 25.9 Å². The van der Waals surface area contributed by atoms with Gasteiger partial charge in [0.25, 0.3) is 0 Å². The van der Waals surface area contributed by atoms with Gasteiger partial charge in [-0.15, -0.1) is 0 Å². The lowest BCUT2D eigenvalue weighted by atomic mass is 10.2. The molecule has 1 saturated heterocycles. The number of sulfonamides is 1. The molecule has 0 aromatic rings. The zero-order valence-corrected chi connectivity index (χ0v) is 9.59. The molecule has 0 saturated carbocycles. The molecule has 0 spiro atoms. The highest BCUT2D eigenvalue weighted by Crippen LogP contribution is 2.13. The summed E-state index contributed by atoms with van der Waals surface area (Å²) in [6, 6.07) is 1.97. The Balaban J connectivity index is 2.35. The van der Waals surface area contributed by atoms with Gasteiger partial charge in [0.05, 0.1) is 23.8 Å². The lowest BCUT2D eigenvalue weighted by Crippen LogP contribution is -2.34. The van der Waals surface area contributed by atoms with E-state index in [2.05, 4.69) is 4.72 Å². The Morgan fingerprint density at radius 1 is 1.67 bits per heavy atom. The number of hydrogen-bond donors (Lipinski definition) is 1. The van der Waals surface area contributed by atoms with E-state index < -0.39 is 10.0 Å². The van der Waals surface area contributed by atoms with Crippen LogP contribution in [0.15, 0.2) is 0 Å². The number of nitrogens with zero attached hydrogens (tertiary/aromatic N) is 1. The van der Waals surface area contributed by atoms with E-state index in [0.29, 0.717) is 6.61 Å². The minimum absolute atomic E-state index is 0.00511. The second-order valence-corrected chi connectivity index (χ2v) is 5.65. The number of nitriles is 1. The van der Waals surface area contributed by atoms with Gasteiger partial charge in [0.2, 0.25) is 10.0 Å². The van der Waals surface area contributed by atoms with Crippen LogP contribution in [0.5, 0.6) is 0 Å². The van der Waals surface area contributed by atoms with Crippen molar-refractivity contribution in [2.75, 3.05) is 18.9 Å². The summed E-state index contributed by atoms with van der Waals surface area (Å²) in [6.07, 6.45) is 1.55. The van der Waals surface area contributed by atoms with E-state index in [1.54, 1.807) is 6.92 Å². The summed E-state index contributed by atoms with van der Waals surface area (Å²) >= 11 is 0. The first-order valence-electron chi connectivity index (χ1n) is 5.02. The molecule has 86 valence electrons. The van der Waals surface area contributed by atoms with Crippen LogP contribution < -0.4 is 4.72 Å². The van der Waals surface area contributed by atoms with Crippen LogP contribution in [0.3, 0.4) is 0 Å². The van der Waals surface area contributed by atoms with E-state index in [0.717, 1.165) is 12.8 Å². The summed E-state index contributed by atoms with van der Waals surface area (Å²) in [7, 11) is -3.30. The zero-order valence-electron chi connectivity index (χ0n) is 8.77. The predicted octanol–water partition coefficient (Wildman–Crippen LogP) is 0.244. The second kappa shape index (κ2) is 5.45. The van der Waals surface area contributed by atoms with E-state index in [1.807, 2.05) is 6.07 Å². The maximum atomic E-state index is 11.5. The lowest BCUT2D eigenvalue weighted by Gasteiger charge is -2.11. The molecule has 0 bridgehead atoms. The average molecular weight is 232 g/mol. The Labute approximate surface area is 90.5 Å². The summed E-state index contributed by atoms with van der Waals surface area (Å²) in [5, 5.41) is 8.51. The highest BCUT2D eigenvalue weighted by molar-refractivity contribution is 7.89. The lowest BCUT2D eigenvalue weighted by molar-refractivity contribution is 0.127. The van der Waals surface area contributed by atoms with Crippen molar-refractivity contribution >= 4 is 10.0 Å². The molecule has 1 fully saturated rings. The highest BCUT2D eigenvalue weighted by atomic mass is 32.2. The molecule has 1 N–H and O–H groups in total. The number of nitrogens with one attached hydrogen (secondary N) is 1. The first-order valence-corrected chi connectivity index (χ1v) is 6.67. The van der Waals surface area contributed by atoms with Crippen molar-refractivity contribution in [3.63, 3.8) is 0 Å². The van der Waals surface area contributed by atoms with Crippen LogP contribution in [0.2, 0.25) is 0 Å². The average Bonchev–Trinajstić information content (AvgIpc) is 2.66. The van der Waals surface area contributed by atoms with Gasteiger partial charge in [0.1, 0.15) is 0 Å². The first kappa shape index (κ1) is 12.4. The molecule has 1 heterocycles. The van der Waals surface area contributed by atoms with Gasteiger partial charge in [-0.25, -0.2) is 13.1 Å². The minimum Gasteiger partial charge on any atom is -0.377 e. The summed E-state index contributed by atoms with van der Waals surface area (Å²) < 4.78 is 30.7. The quantitative estimate of drug-likeness (QED) is 0.736. The molecule has 0 radical (unpaired) electrons. The Bertz CT molecular complexity index is 328. The second-order valence-electron chi connectivity index (χ2n) is 3.80. The van der Waals surface area contributed by atoms with Gasteiger partial charge in [-0.05, 0) is 19.8 Å². The number of hydrogen-bond acceptors (Lipinski definition) is 4. The maximum Gasteiger partial charge on any atom is 0.214 e. The summed E-state index contributed by atoms with van der Waals surface area (Å²) in [4.78, 5) is 0. The molecule has 0 aliphatic carbocycles. The third-order valence-corrected chi connectivity index (χ3v) is 3.68. The molecule has 5 nitrogen and oxygen atoms in total. The van der Waals surface area contributed by atoms with Crippen LogP contribution in [0.1, 0.15) is 19.8 Å². The van der Waals surface area contributed by atoms with Crippen molar-refractivity contribution in [3.8, 4) is 6.07 Å². The van der Waals surface area contributed by atoms with Gasteiger partial charge >= 0.3 is 0 Å². The fourth-order valence-corrected chi connectivity index (χ4v) is 2.75. The van der Waals surface area contributed by atoms with Crippen molar-refractivity contribution in [3.05, 3.63) is 0 Å². The van der Waals surface area contributed by atoms with E-state index >= 15 is 0 Å². The van der Waals surface area contributed by atoms with Crippen LogP contribution in [0.4, 0.5) is 0 Å². The van der Waals surface area contributed by atoms with Crippen molar-refractivity contribution in [1.82, 2.24) is 4.72 Å². The topological polar surface area (TPSA) is 79.2 Å². The van der Waals surface area contributed by atoms with E-state index in [9.17, 15) is 8.42 Å². The molecule has 0 amide bonds. The van der Waals surface area contributed by atoms with Crippen LogP contribution in [-0.4, -0.2) is 33.4 Å². The maximum absolute atomic E-state index is 11.5. The number of ether oxygens (including phenoxy) is 1. The summed E-state index contributed by atoms with van der Waals surface area (Å²) in [5.74, 6) is -0.296. The van der Waals surface area contributed by atoms with Crippen LogP contribution in [-0.2, 0) is 14.8 Å². The van der Waals surface area contributed by atoms with Crippen LogP contribution in [0.25, 0.3) is 0 Å². The summed E-state index contributed by atoms with van der Waals surface area (Å²) in [6.45, 7) is 2.49. The third kappa shape index (κ3) is 4.60. The molecule has 1 aliphatic heterocycles. The summed E-state index contributed by atoms with van der Waals surface area (Å²) in [5.41, 5.74) is 0. The molecule has 15 heavy (non-hydrogen) atoms.